The van der Waals surface area contributed by atoms with Gasteiger partial charge in [0.2, 0.25) is 21.8 Å². The molecule has 2 aromatic carbocycles. The second kappa shape index (κ2) is 11.3. The SMILES string of the molecule is CCNC(=O)[C@H](C)N(CCc1ccccc1)C(=O)CN(c1ccc(Br)cc1)S(C)(=O)=O. The number of rotatable bonds is 10. The van der Waals surface area contributed by atoms with Crippen LogP contribution in [0.4, 0.5) is 5.69 Å². The van der Waals surface area contributed by atoms with E-state index in [0.717, 1.165) is 20.6 Å². The number of benzene rings is 2. The maximum absolute atomic E-state index is 13.2. The smallest absolute Gasteiger partial charge is 0.244 e. The van der Waals surface area contributed by atoms with Gasteiger partial charge >= 0.3 is 0 Å². The Labute approximate surface area is 192 Å². The monoisotopic (exact) mass is 509 g/mol. The number of carbonyl (C=O) groups excluding carboxylic acids is 2. The Balaban J connectivity index is 2.28. The molecule has 0 saturated carbocycles. The summed E-state index contributed by atoms with van der Waals surface area (Å²) in [7, 11) is -3.71. The molecule has 2 rings (SSSR count). The van der Waals surface area contributed by atoms with Gasteiger partial charge in [-0.25, -0.2) is 8.42 Å². The van der Waals surface area contributed by atoms with E-state index in [4.69, 9.17) is 0 Å². The van der Waals surface area contributed by atoms with Crippen molar-refractivity contribution in [1.82, 2.24) is 10.2 Å². The highest BCUT2D eigenvalue weighted by atomic mass is 79.9. The van der Waals surface area contributed by atoms with E-state index in [9.17, 15) is 18.0 Å². The van der Waals surface area contributed by atoms with Crippen LogP contribution in [0, 0.1) is 0 Å². The first kappa shape index (κ1) is 24.9. The molecule has 1 atom stereocenters. The fourth-order valence-corrected chi connectivity index (χ4v) is 4.23. The van der Waals surface area contributed by atoms with Crippen molar-refractivity contribution in [2.45, 2.75) is 26.3 Å². The average Bonchev–Trinajstić information content (AvgIpc) is 2.73. The number of hydrogen-bond acceptors (Lipinski definition) is 4. The fraction of sp³-hybridized carbons (Fsp3) is 0.364. The topological polar surface area (TPSA) is 86.8 Å². The largest absolute Gasteiger partial charge is 0.355 e. The maximum Gasteiger partial charge on any atom is 0.244 e. The van der Waals surface area contributed by atoms with E-state index in [1.807, 2.05) is 30.3 Å². The third kappa shape index (κ3) is 7.36. The van der Waals surface area contributed by atoms with Crippen molar-refractivity contribution in [1.29, 1.82) is 0 Å². The van der Waals surface area contributed by atoms with Crippen LogP contribution < -0.4 is 9.62 Å². The van der Waals surface area contributed by atoms with Gasteiger partial charge in [-0.2, -0.15) is 0 Å². The number of sulfonamides is 1. The standard InChI is InChI=1S/C22H28BrN3O4S/c1-4-24-22(28)17(2)25(15-14-18-8-6-5-7-9-18)21(27)16-26(31(3,29)30)20-12-10-19(23)11-13-20/h5-13,17H,4,14-16H2,1-3H3,(H,24,28)/t17-/m0/s1. The molecule has 0 heterocycles. The van der Waals surface area contributed by atoms with E-state index in [2.05, 4.69) is 21.2 Å². The molecular formula is C22H28BrN3O4S. The summed E-state index contributed by atoms with van der Waals surface area (Å²) in [6.07, 6.45) is 1.61. The first-order chi connectivity index (χ1) is 14.6. The number of hydrogen-bond donors (Lipinski definition) is 1. The molecule has 0 unspecified atom stereocenters. The minimum atomic E-state index is -3.71. The second-order valence-corrected chi connectivity index (χ2v) is 9.96. The van der Waals surface area contributed by atoms with Gasteiger partial charge in [-0.3, -0.25) is 13.9 Å². The predicted octanol–water partition coefficient (Wildman–Crippen LogP) is 2.81. The highest BCUT2D eigenvalue weighted by Crippen LogP contribution is 2.21. The molecule has 2 amide bonds. The zero-order valence-corrected chi connectivity index (χ0v) is 20.3. The van der Waals surface area contributed by atoms with Gasteiger partial charge in [0.25, 0.3) is 0 Å². The van der Waals surface area contributed by atoms with E-state index in [0.29, 0.717) is 25.2 Å². The number of carbonyl (C=O) groups is 2. The van der Waals surface area contributed by atoms with Crippen LogP contribution in [-0.2, 0) is 26.0 Å². The molecule has 0 bridgehead atoms. The van der Waals surface area contributed by atoms with Crippen LogP contribution in [0.1, 0.15) is 19.4 Å². The summed E-state index contributed by atoms with van der Waals surface area (Å²) in [5.41, 5.74) is 1.41. The van der Waals surface area contributed by atoms with E-state index in [1.54, 1.807) is 38.1 Å². The Bertz CT molecular complexity index is 982. The van der Waals surface area contributed by atoms with Gasteiger partial charge in [0.05, 0.1) is 11.9 Å². The van der Waals surface area contributed by atoms with E-state index < -0.39 is 22.0 Å². The fourth-order valence-electron chi connectivity index (χ4n) is 3.11. The molecule has 0 aromatic heterocycles. The second-order valence-electron chi connectivity index (χ2n) is 7.14. The minimum absolute atomic E-state index is 0.279. The van der Waals surface area contributed by atoms with E-state index >= 15 is 0 Å². The zero-order valence-electron chi connectivity index (χ0n) is 17.9. The van der Waals surface area contributed by atoms with Crippen molar-refractivity contribution in [3.05, 3.63) is 64.6 Å². The third-order valence-corrected chi connectivity index (χ3v) is 6.47. The molecule has 168 valence electrons. The van der Waals surface area contributed by atoms with Gasteiger partial charge in [-0.05, 0) is 50.1 Å². The highest BCUT2D eigenvalue weighted by molar-refractivity contribution is 9.10. The number of anilines is 1. The summed E-state index contributed by atoms with van der Waals surface area (Å²) >= 11 is 3.32. The van der Waals surface area contributed by atoms with Crippen LogP contribution in [-0.4, -0.2) is 57.1 Å². The van der Waals surface area contributed by atoms with Gasteiger partial charge in [-0.15, -0.1) is 0 Å². The lowest BCUT2D eigenvalue weighted by Crippen LogP contribution is -2.52. The quantitative estimate of drug-likeness (QED) is 0.533. The predicted molar refractivity (Wildman–Crippen MR) is 126 cm³/mol. The molecule has 2 aromatic rings. The van der Waals surface area contributed by atoms with Crippen molar-refractivity contribution in [2.75, 3.05) is 30.2 Å². The number of amides is 2. The number of halogens is 1. The minimum Gasteiger partial charge on any atom is -0.355 e. The highest BCUT2D eigenvalue weighted by Gasteiger charge is 2.29. The zero-order chi connectivity index (χ0) is 23.0. The summed E-state index contributed by atoms with van der Waals surface area (Å²) in [4.78, 5) is 27.1. The van der Waals surface area contributed by atoms with Crippen LogP contribution in [0.3, 0.4) is 0 Å². The Morgan fingerprint density at radius 3 is 2.23 bits per heavy atom. The van der Waals surface area contributed by atoms with Gasteiger partial charge in [0.1, 0.15) is 12.6 Å². The Morgan fingerprint density at radius 2 is 1.68 bits per heavy atom. The van der Waals surface area contributed by atoms with Crippen molar-refractivity contribution in [2.24, 2.45) is 0 Å². The molecule has 31 heavy (non-hydrogen) atoms. The number of nitrogens with zero attached hydrogens (tertiary/aromatic N) is 2. The first-order valence-corrected chi connectivity index (χ1v) is 12.6. The van der Waals surface area contributed by atoms with Crippen LogP contribution in [0.5, 0.6) is 0 Å². The molecular weight excluding hydrogens is 482 g/mol. The molecule has 0 aliphatic rings. The van der Waals surface area contributed by atoms with Crippen molar-refractivity contribution < 1.29 is 18.0 Å². The first-order valence-electron chi connectivity index (χ1n) is 9.98. The van der Waals surface area contributed by atoms with Gasteiger partial charge < -0.3 is 10.2 Å². The molecule has 0 aliphatic carbocycles. The van der Waals surface area contributed by atoms with Crippen molar-refractivity contribution in [3.63, 3.8) is 0 Å². The summed E-state index contributed by atoms with van der Waals surface area (Å²) < 4.78 is 26.7. The van der Waals surface area contributed by atoms with Gasteiger partial charge in [0.15, 0.2) is 0 Å². The molecule has 9 heteroatoms. The molecule has 0 spiro atoms. The normalized spacial score (nSPS) is 12.1. The lowest BCUT2D eigenvalue weighted by atomic mass is 10.1. The van der Waals surface area contributed by atoms with Crippen molar-refractivity contribution in [3.8, 4) is 0 Å². The van der Waals surface area contributed by atoms with E-state index in [1.165, 1.54) is 4.90 Å². The van der Waals surface area contributed by atoms with Crippen molar-refractivity contribution >= 4 is 43.5 Å². The lowest BCUT2D eigenvalue weighted by Gasteiger charge is -2.31. The molecule has 1 N–H and O–H groups in total. The molecule has 0 saturated heterocycles. The van der Waals surface area contributed by atoms with Gasteiger partial charge in [0, 0.05) is 17.6 Å². The Hall–Kier alpha value is -2.39. The van der Waals surface area contributed by atoms with E-state index in [-0.39, 0.29) is 12.5 Å². The van der Waals surface area contributed by atoms with Gasteiger partial charge in [-0.1, -0.05) is 46.3 Å². The molecule has 0 fully saturated rings. The number of nitrogens with one attached hydrogen (secondary N) is 1. The summed E-state index contributed by atoms with van der Waals surface area (Å²) in [6, 6.07) is 15.6. The molecule has 0 radical (unpaired) electrons. The number of likely N-dealkylation sites (N-methyl/N-ethyl adjacent to an activating group) is 1. The van der Waals surface area contributed by atoms with Crippen LogP contribution >= 0.6 is 15.9 Å². The summed E-state index contributed by atoms with van der Waals surface area (Å²) in [5.74, 6) is -0.721. The van der Waals surface area contributed by atoms with Crippen LogP contribution in [0.15, 0.2) is 59.1 Å². The third-order valence-electron chi connectivity index (χ3n) is 4.80. The van der Waals surface area contributed by atoms with Crippen LogP contribution in [0.25, 0.3) is 0 Å². The summed E-state index contributed by atoms with van der Waals surface area (Å²) in [6.45, 7) is 3.80. The maximum atomic E-state index is 13.2. The summed E-state index contributed by atoms with van der Waals surface area (Å²) in [5, 5.41) is 2.73. The van der Waals surface area contributed by atoms with Crippen LogP contribution in [0.2, 0.25) is 0 Å². The molecule has 7 nitrogen and oxygen atoms in total. The lowest BCUT2D eigenvalue weighted by molar-refractivity contribution is -0.138. The molecule has 0 aliphatic heterocycles. The Kier molecular flexibility index (Phi) is 9.06. The average molecular weight is 510 g/mol. The Morgan fingerprint density at radius 1 is 1.06 bits per heavy atom.